The minimum atomic E-state index is -0.281. The highest BCUT2D eigenvalue weighted by molar-refractivity contribution is 7.99. The van der Waals surface area contributed by atoms with Gasteiger partial charge in [0.1, 0.15) is 5.82 Å². The summed E-state index contributed by atoms with van der Waals surface area (Å²) in [7, 11) is 1.85. The minimum absolute atomic E-state index is 0.0481. The summed E-state index contributed by atoms with van der Waals surface area (Å²) in [6.07, 6.45) is 8.41. The van der Waals surface area contributed by atoms with E-state index in [1.165, 1.54) is 56.0 Å². The van der Waals surface area contributed by atoms with Crippen molar-refractivity contribution in [2.75, 3.05) is 5.75 Å². The Morgan fingerprint density at radius 1 is 1.15 bits per heavy atom. The number of hydrogen-bond acceptors (Lipinski definition) is 4. The van der Waals surface area contributed by atoms with E-state index in [9.17, 15) is 9.18 Å². The molecule has 5 nitrogen and oxygen atoms in total. The maximum absolute atomic E-state index is 13.1. The van der Waals surface area contributed by atoms with Crippen LogP contribution in [0.15, 0.2) is 29.4 Å². The van der Waals surface area contributed by atoms with Crippen LogP contribution in [0.25, 0.3) is 11.4 Å². The molecule has 7 heteroatoms. The lowest BCUT2D eigenvalue weighted by atomic mass is 9.97. The van der Waals surface area contributed by atoms with E-state index in [1.54, 1.807) is 12.1 Å². The van der Waals surface area contributed by atoms with Crippen LogP contribution >= 0.6 is 11.8 Å². The molecule has 140 valence electrons. The number of rotatable bonds is 5. The van der Waals surface area contributed by atoms with Crippen LogP contribution in [0.5, 0.6) is 0 Å². The van der Waals surface area contributed by atoms with Gasteiger partial charge in [-0.15, -0.1) is 10.2 Å². The Hall–Kier alpha value is -1.89. The lowest BCUT2D eigenvalue weighted by Crippen LogP contribution is -2.36. The lowest BCUT2D eigenvalue weighted by Gasteiger charge is -2.20. The summed E-state index contributed by atoms with van der Waals surface area (Å²) < 4.78 is 14.9. The second-order valence-corrected chi connectivity index (χ2v) is 7.71. The normalized spacial score (nSPS) is 16.1. The molecule has 1 aliphatic carbocycles. The van der Waals surface area contributed by atoms with Gasteiger partial charge >= 0.3 is 0 Å². The maximum atomic E-state index is 13.1. The maximum Gasteiger partial charge on any atom is 0.230 e. The Morgan fingerprint density at radius 3 is 2.50 bits per heavy atom. The Balaban J connectivity index is 1.54. The summed E-state index contributed by atoms with van der Waals surface area (Å²) in [4.78, 5) is 12.3. The second-order valence-electron chi connectivity index (χ2n) is 6.77. The lowest BCUT2D eigenvalue weighted by molar-refractivity contribution is -0.119. The van der Waals surface area contributed by atoms with E-state index < -0.39 is 0 Å². The zero-order chi connectivity index (χ0) is 18.4. The van der Waals surface area contributed by atoms with Gasteiger partial charge in [-0.1, -0.05) is 43.9 Å². The third-order valence-corrected chi connectivity index (χ3v) is 5.76. The summed E-state index contributed by atoms with van der Waals surface area (Å²) >= 11 is 1.37. The molecule has 0 unspecified atom stereocenters. The molecule has 0 spiro atoms. The van der Waals surface area contributed by atoms with Crippen LogP contribution in [0.1, 0.15) is 44.9 Å². The smallest absolute Gasteiger partial charge is 0.230 e. The van der Waals surface area contributed by atoms with E-state index >= 15 is 0 Å². The Labute approximate surface area is 157 Å². The molecule has 1 aliphatic rings. The van der Waals surface area contributed by atoms with Crippen LogP contribution in [-0.2, 0) is 11.8 Å². The van der Waals surface area contributed by atoms with Crippen molar-refractivity contribution in [1.29, 1.82) is 0 Å². The first-order chi connectivity index (χ1) is 12.6. The standard InChI is InChI=1S/C19H25FN4OS/c1-24-18(14-9-11-15(20)12-10-14)22-23-19(24)26-13-17(25)21-16-7-5-3-2-4-6-8-16/h9-12,16H,2-8,13H2,1H3,(H,21,25). The second kappa shape index (κ2) is 9.16. The number of amides is 1. The number of benzene rings is 1. The fraction of sp³-hybridized carbons (Fsp3) is 0.526. The molecule has 1 fully saturated rings. The van der Waals surface area contributed by atoms with Gasteiger partial charge < -0.3 is 9.88 Å². The Kier molecular flexibility index (Phi) is 6.66. The molecule has 0 saturated heterocycles. The number of hydrogen-bond donors (Lipinski definition) is 1. The zero-order valence-corrected chi connectivity index (χ0v) is 15.9. The van der Waals surface area contributed by atoms with Gasteiger partial charge in [0.2, 0.25) is 5.91 Å². The van der Waals surface area contributed by atoms with Gasteiger partial charge in [0.15, 0.2) is 11.0 Å². The van der Waals surface area contributed by atoms with E-state index in [2.05, 4.69) is 15.5 Å². The SMILES string of the molecule is Cn1c(SCC(=O)NC2CCCCCCC2)nnc1-c1ccc(F)cc1. The van der Waals surface area contributed by atoms with Crippen molar-refractivity contribution < 1.29 is 9.18 Å². The number of halogens is 1. The monoisotopic (exact) mass is 376 g/mol. The topological polar surface area (TPSA) is 59.8 Å². The number of thioether (sulfide) groups is 1. The summed E-state index contributed by atoms with van der Waals surface area (Å²) in [5.74, 6) is 0.752. The Morgan fingerprint density at radius 2 is 1.81 bits per heavy atom. The third kappa shape index (κ3) is 5.06. The van der Waals surface area contributed by atoms with Crippen LogP contribution in [-0.4, -0.2) is 32.5 Å². The molecule has 0 radical (unpaired) electrons. The van der Waals surface area contributed by atoms with E-state index in [0.717, 1.165) is 18.4 Å². The van der Waals surface area contributed by atoms with Crippen LogP contribution in [0.2, 0.25) is 0 Å². The first-order valence-corrected chi connectivity index (χ1v) is 10.2. The van der Waals surface area contributed by atoms with Crippen molar-refractivity contribution in [2.24, 2.45) is 7.05 Å². The molecule has 2 aromatic rings. The predicted molar refractivity (Wildman–Crippen MR) is 101 cm³/mol. The molecule has 1 heterocycles. The van der Waals surface area contributed by atoms with Gasteiger partial charge in [0.05, 0.1) is 5.75 Å². The summed E-state index contributed by atoms with van der Waals surface area (Å²) in [5.41, 5.74) is 0.798. The summed E-state index contributed by atoms with van der Waals surface area (Å²) in [5, 5.41) is 12.2. The molecule has 1 aromatic heterocycles. The molecule has 1 aromatic carbocycles. The van der Waals surface area contributed by atoms with Crippen LogP contribution < -0.4 is 5.32 Å². The van der Waals surface area contributed by atoms with Gasteiger partial charge in [-0.3, -0.25) is 4.79 Å². The highest BCUT2D eigenvalue weighted by Crippen LogP contribution is 2.23. The molecule has 3 rings (SSSR count). The molecular weight excluding hydrogens is 351 g/mol. The quantitative estimate of drug-likeness (QED) is 0.803. The molecule has 1 amide bonds. The third-order valence-electron chi connectivity index (χ3n) is 4.74. The number of carbonyl (C=O) groups excluding carboxylic acids is 1. The average Bonchev–Trinajstić information content (AvgIpc) is 2.97. The minimum Gasteiger partial charge on any atom is -0.353 e. The first-order valence-electron chi connectivity index (χ1n) is 9.21. The van der Waals surface area contributed by atoms with E-state index in [0.29, 0.717) is 22.8 Å². The molecule has 26 heavy (non-hydrogen) atoms. The molecule has 0 aliphatic heterocycles. The van der Waals surface area contributed by atoms with Crippen molar-refractivity contribution >= 4 is 17.7 Å². The zero-order valence-electron chi connectivity index (χ0n) is 15.1. The summed E-state index contributed by atoms with van der Waals surface area (Å²) in [6.45, 7) is 0. The van der Waals surface area contributed by atoms with Crippen LogP contribution in [0, 0.1) is 5.82 Å². The van der Waals surface area contributed by atoms with Crippen LogP contribution in [0.4, 0.5) is 4.39 Å². The van der Waals surface area contributed by atoms with E-state index in [4.69, 9.17) is 0 Å². The van der Waals surface area contributed by atoms with Crippen LogP contribution in [0.3, 0.4) is 0 Å². The number of carbonyl (C=O) groups is 1. The molecule has 1 N–H and O–H groups in total. The van der Waals surface area contributed by atoms with E-state index in [1.807, 2.05) is 11.6 Å². The average molecular weight is 377 g/mol. The van der Waals surface area contributed by atoms with Crippen molar-refractivity contribution in [3.05, 3.63) is 30.1 Å². The highest BCUT2D eigenvalue weighted by Gasteiger charge is 2.16. The van der Waals surface area contributed by atoms with Crippen molar-refractivity contribution in [1.82, 2.24) is 20.1 Å². The van der Waals surface area contributed by atoms with Gasteiger partial charge in [0, 0.05) is 18.7 Å². The molecule has 0 atom stereocenters. The number of aromatic nitrogens is 3. The van der Waals surface area contributed by atoms with Gasteiger partial charge in [-0.25, -0.2) is 4.39 Å². The van der Waals surface area contributed by atoms with Crippen molar-refractivity contribution in [3.8, 4) is 11.4 Å². The highest BCUT2D eigenvalue weighted by atomic mass is 32.2. The predicted octanol–water partition coefficient (Wildman–Crippen LogP) is 3.94. The first kappa shape index (κ1) is 18.9. The molecule has 1 saturated carbocycles. The molecule has 0 bridgehead atoms. The fourth-order valence-corrected chi connectivity index (χ4v) is 4.01. The Bertz CT molecular complexity index is 724. The largest absolute Gasteiger partial charge is 0.353 e. The van der Waals surface area contributed by atoms with Gasteiger partial charge in [-0.2, -0.15) is 0 Å². The van der Waals surface area contributed by atoms with Crippen molar-refractivity contribution in [2.45, 2.75) is 56.1 Å². The molecular formula is C19H25FN4OS. The number of nitrogens with zero attached hydrogens (tertiary/aromatic N) is 3. The van der Waals surface area contributed by atoms with Gasteiger partial charge in [-0.05, 0) is 37.1 Å². The number of nitrogens with one attached hydrogen (secondary N) is 1. The van der Waals surface area contributed by atoms with Crippen molar-refractivity contribution in [3.63, 3.8) is 0 Å². The summed E-state index contributed by atoms with van der Waals surface area (Å²) in [6, 6.07) is 6.46. The fourth-order valence-electron chi connectivity index (χ4n) is 3.29. The van der Waals surface area contributed by atoms with Gasteiger partial charge in [0.25, 0.3) is 0 Å². The van der Waals surface area contributed by atoms with E-state index in [-0.39, 0.29) is 11.7 Å².